The standard InChI is InChI=1S/C16H25ClN2OS.2ClH/c17-15-13(4-11-21-15)14(12-19-9-7-18-8-10-19)16(20)5-2-1-3-6-16;;/h4,11,14,18,20H,1-3,5-10,12H2;2*1H. The van der Waals surface area contributed by atoms with Gasteiger partial charge in [0.15, 0.2) is 0 Å². The third kappa shape index (κ3) is 5.21. The number of aliphatic hydroxyl groups is 1. The molecule has 1 atom stereocenters. The Bertz CT molecular complexity index is 460. The van der Waals surface area contributed by atoms with Gasteiger partial charge in [-0.25, -0.2) is 0 Å². The Morgan fingerprint density at radius 2 is 1.87 bits per heavy atom. The number of halogens is 3. The molecular formula is C16H27Cl3N2OS. The van der Waals surface area contributed by atoms with Crippen LogP contribution in [0.25, 0.3) is 0 Å². The lowest BCUT2D eigenvalue weighted by Gasteiger charge is -2.42. The van der Waals surface area contributed by atoms with Crippen LogP contribution in [0.4, 0.5) is 0 Å². The Kier molecular flexibility index (Phi) is 9.17. The van der Waals surface area contributed by atoms with Crippen molar-refractivity contribution >= 4 is 47.8 Å². The predicted molar refractivity (Wildman–Crippen MR) is 104 cm³/mol. The molecule has 1 aromatic heterocycles. The first-order chi connectivity index (χ1) is 10.2. The first kappa shape index (κ1) is 21.5. The van der Waals surface area contributed by atoms with Crippen molar-refractivity contribution < 1.29 is 5.11 Å². The highest BCUT2D eigenvalue weighted by Gasteiger charge is 2.40. The molecule has 2 heterocycles. The summed E-state index contributed by atoms with van der Waals surface area (Å²) < 4.78 is 0.856. The van der Waals surface area contributed by atoms with Gasteiger partial charge in [-0.1, -0.05) is 30.9 Å². The predicted octanol–water partition coefficient (Wildman–Crippen LogP) is 3.93. The van der Waals surface area contributed by atoms with Crippen LogP contribution in [0.3, 0.4) is 0 Å². The maximum Gasteiger partial charge on any atom is 0.0964 e. The van der Waals surface area contributed by atoms with Crippen LogP contribution in [0.15, 0.2) is 11.4 Å². The molecule has 0 amide bonds. The Morgan fingerprint density at radius 1 is 1.22 bits per heavy atom. The zero-order valence-corrected chi connectivity index (χ0v) is 16.5. The van der Waals surface area contributed by atoms with Crippen LogP contribution >= 0.6 is 47.8 Å². The largest absolute Gasteiger partial charge is 0.389 e. The van der Waals surface area contributed by atoms with Gasteiger partial charge in [-0.15, -0.1) is 36.2 Å². The number of piperazine rings is 1. The molecule has 0 bridgehead atoms. The summed E-state index contributed by atoms with van der Waals surface area (Å²) >= 11 is 7.99. The molecule has 23 heavy (non-hydrogen) atoms. The molecule has 1 aliphatic carbocycles. The summed E-state index contributed by atoms with van der Waals surface area (Å²) in [7, 11) is 0. The first-order valence-electron chi connectivity index (χ1n) is 8.07. The fraction of sp³-hybridized carbons (Fsp3) is 0.750. The van der Waals surface area contributed by atoms with Gasteiger partial charge in [-0.3, -0.25) is 0 Å². The minimum Gasteiger partial charge on any atom is -0.389 e. The van der Waals surface area contributed by atoms with Crippen LogP contribution in [0.5, 0.6) is 0 Å². The molecule has 3 nitrogen and oxygen atoms in total. The molecular weight excluding hydrogens is 375 g/mol. The van der Waals surface area contributed by atoms with Crippen molar-refractivity contribution in [3.05, 3.63) is 21.3 Å². The summed E-state index contributed by atoms with van der Waals surface area (Å²) in [5, 5.41) is 16.7. The molecule has 1 aliphatic heterocycles. The van der Waals surface area contributed by atoms with Gasteiger partial charge in [0.1, 0.15) is 0 Å². The summed E-state index contributed by atoms with van der Waals surface area (Å²) in [5.41, 5.74) is 0.581. The molecule has 0 radical (unpaired) electrons. The second-order valence-electron chi connectivity index (χ2n) is 6.42. The maximum atomic E-state index is 11.3. The van der Waals surface area contributed by atoms with Gasteiger partial charge in [-0.05, 0) is 29.9 Å². The number of nitrogens with zero attached hydrogens (tertiary/aromatic N) is 1. The SMILES string of the molecule is Cl.Cl.OC1(C(CN2CCNCC2)c2ccsc2Cl)CCCCC1. The third-order valence-corrected chi connectivity index (χ3v) is 6.24. The van der Waals surface area contributed by atoms with Gasteiger partial charge in [-0.2, -0.15) is 0 Å². The van der Waals surface area contributed by atoms with Gasteiger partial charge in [0.05, 0.1) is 9.94 Å². The van der Waals surface area contributed by atoms with Crippen molar-refractivity contribution in [1.29, 1.82) is 0 Å². The minimum absolute atomic E-state index is 0. The Hall–Kier alpha value is 0.450. The molecule has 1 saturated carbocycles. The van der Waals surface area contributed by atoms with Gasteiger partial charge in [0.25, 0.3) is 0 Å². The Morgan fingerprint density at radius 3 is 2.43 bits per heavy atom. The van der Waals surface area contributed by atoms with E-state index >= 15 is 0 Å². The Balaban J connectivity index is 0.00000132. The molecule has 3 rings (SSSR count). The van der Waals surface area contributed by atoms with Gasteiger partial charge in [0.2, 0.25) is 0 Å². The third-order valence-electron chi connectivity index (χ3n) is 5.04. The average Bonchev–Trinajstić information content (AvgIpc) is 2.92. The van der Waals surface area contributed by atoms with E-state index in [9.17, 15) is 5.11 Å². The topological polar surface area (TPSA) is 35.5 Å². The van der Waals surface area contributed by atoms with Crippen molar-refractivity contribution in [3.63, 3.8) is 0 Å². The average molecular weight is 402 g/mol. The van der Waals surface area contributed by atoms with Gasteiger partial charge in [0, 0.05) is 38.6 Å². The second kappa shape index (κ2) is 9.81. The molecule has 2 aliphatic rings. The number of hydrogen-bond acceptors (Lipinski definition) is 4. The molecule has 2 N–H and O–H groups in total. The van der Waals surface area contributed by atoms with E-state index in [2.05, 4.69) is 21.7 Å². The second-order valence-corrected chi connectivity index (χ2v) is 7.94. The summed E-state index contributed by atoms with van der Waals surface area (Å²) in [6, 6.07) is 2.12. The molecule has 1 aromatic rings. The van der Waals surface area contributed by atoms with Crippen LogP contribution in [0.1, 0.15) is 43.6 Å². The number of nitrogens with one attached hydrogen (secondary N) is 1. The van der Waals surface area contributed by atoms with Crippen molar-refractivity contribution in [3.8, 4) is 0 Å². The van der Waals surface area contributed by atoms with Crippen LogP contribution < -0.4 is 5.32 Å². The van der Waals surface area contributed by atoms with Crippen LogP contribution in [-0.4, -0.2) is 48.3 Å². The van der Waals surface area contributed by atoms with E-state index < -0.39 is 5.60 Å². The first-order valence-corrected chi connectivity index (χ1v) is 9.33. The fourth-order valence-corrected chi connectivity index (χ4v) is 4.81. The van der Waals surface area contributed by atoms with Crippen LogP contribution in [0.2, 0.25) is 4.34 Å². The fourth-order valence-electron chi connectivity index (χ4n) is 3.78. The highest BCUT2D eigenvalue weighted by molar-refractivity contribution is 7.14. The molecule has 0 aromatic carbocycles. The normalized spacial score (nSPS) is 22.7. The number of hydrogen-bond donors (Lipinski definition) is 2. The minimum atomic E-state index is -0.576. The summed E-state index contributed by atoms with van der Waals surface area (Å²) in [6.07, 6.45) is 5.35. The number of rotatable bonds is 4. The smallest absolute Gasteiger partial charge is 0.0964 e. The molecule has 0 spiro atoms. The van der Waals surface area contributed by atoms with Crippen molar-refractivity contribution in [2.45, 2.75) is 43.6 Å². The molecule has 2 fully saturated rings. The van der Waals surface area contributed by atoms with E-state index in [4.69, 9.17) is 11.6 Å². The van der Waals surface area contributed by atoms with Crippen LogP contribution in [-0.2, 0) is 0 Å². The van der Waals surface area contributed by atoms with E-state index in [1.165, 1.54) is 6.42 Å². The van der Waals surface area contributed by atoms with E-state index in [1.54, 1.807) is 11.3 Å². The van der Waals surface area contributed by atoms with E-state index in [0.29, 0.717) is 0 Å². The highest BCUT2D eigenvalue weighted by atomic mass is 35.5. The van der Waals surface area contributed by atoms with E-state index in [1.807, 2.05) is 0 Å². The van der Waals surface area contributed by atoms with E-state index in [-0.39, 0.29) is 30.7 Å². The zero-order valence-electron chi connectivity index (χ0n) is 13.3. The molecule has 7 heteroatoms. The number of thiophene rings is 1. The van der Waals surface area contributed by atoms with Crippen molar-refractivity contribution in [2.75, 3.05) is 32.7 Å². The molecule has 134 valence electrons. The maximum absolute atomic E-state index is 11.3. The monoisotopic (exact) mass is 400 g/mol. The Labute approximate surface area is 160 Å². The van der Waals surface area contributed by atoms with Gasteiger partial charge < -0.3 is 15.3 Å². The van der Waals surface area contributed by atoms with Gasteiger partial charge >= 0.3 is 0 Å². The molecule has 1 saturated heterocycles. The quantitative estimate of drug-likeness (QED) is 0.802. The summed E-state index contributed by atoms with van der Waals surface area (Å²) in [4.78, 5) is 2.47. The lowest BCUT2D eigenvalue weighted by molar-refractivity contribution is -0.0315. The molecule has 1 unspecified atom stereocenters. The lowest BCUT2D eigenvalue weighted by atomic mass is 9.73. The lowest BCUT2D eigenvalue weighted by Crippen LogP contribution is -2.49. The van der Waals surface area contributed by atoms with Crippen molar-refractivity contribution in [1.82, 2.24) is 10.2 Å². The zero-order chi connectivity index (χ0) is 14.7. The van der Waals surface area contributed by atoms with Crippen LogP contribution in [0, 0.1) is 0 Å². The summed E-state index contributed by atoms with van der Waals surface area (Å²) in [6.45, 7) is 5.14. The highest BCUT2D eigenvalue weighted by Crippen LogP contribution is 2.43. The van der Waals surface area contributed by atoms with Crippen molar-refractivity contribution in [2.24, 2.45) is 0 Å². The van der Waals surface area contributed by atoms with E-state index in [0.717, 1.165) is 68.3 Å². The summed E-state index contributed by atoms with van der Waals surface area (Å²) in [5.74, 6) is 0.148.